The number of nitrogens with one attached hydrogen (secondary N) is 1. The Bertz CT molecular complexity index is 1740. The second kappa shape index (κ2) is 17.5. The first-order valence-corrected chi connectivity index (χ1v) is 18.3. The average Bonchev–Trinajstić information content (AvgIpc) is 3.62. The first kappa shape index (κ1) is 38.1. The van der Waals surface area contributed by atoms with Gasteiger partial charge in [-0.05, 0) is 110 Å². The van der Waals surface area contributed by atoms with Crippen LogP contribution >= 0.6 is 22.6 Å². The Kier molecular flexibility index (Phi) is 12.8. The number of anilines is 1. The van der Waals surface area contributed by atoms with Crippen LogP contribution in [0.4, 0.5) is 19.0 Å². The van der Waals surface area contributed by atoms with Crippen LogP contribution in [0.15, 0.2) is 61.1 Å². The fourth-order valence-corrected chi connectivity index (χ4v) is 6.98. The van der Waals surface area contributed by atoms with E-state index in [1.807, 2.05) is 36.4 Å². The summed E-state index contributed by atoms with van der Waals surface area (Å²) in [4.78, 5) is 9.49. The molecule has 4 atom stereocenters. The maximum atomic E-state index is 13.0. The Morgan fingerprint density at radius 2 is 1.79 bits per heavy atom. The number of aromatic nitrogens is 5. The third kappa shape index (κ3) is 9.87. The number of benzene rings is 2. The minimum atomic E-state index is -4.67. The van der Waals surface area contributed by atoms with Crippen LogP contribution in [-0.4, -0.2) is 97.7 Å². The highest BCUT2D eigenvalue weighted by atomic mass is 127. The molecule has 0 radical (unpaired) electrons. The van der Waals surface area contributed by atoms with Gasteiger partial charge in [-0.15, -0.1) is 5.10 Å². The number of hydrogen-bond acceptors (Lipinski definition) is 12. The molecule has 0 saturated carbocycles. The summed E-state index contributed by atoms with van der Waals surface area (Å²) in [7, 11) is 0. The minimum absolute atomic E-state index is 0.107. The van der Waals surface area contributed by atoms with E-state index in [-0.39, 0.29) is 18.5 Å². The lowest BCUT2D eigenvalue weighted by molar-refractivity contribution is -0.144. The first-order valence-electron chi connectivity index (χ1n) is 17.2. The standard InChI is InChI=1S/C35H42F3IN8O5/c36-35(37,38)30-18-41-19-31(43-30)42-28-21-51-34(33(49)32(28)48)27-20-47(45-44-27)23-10-14-46(15-11-23)13-1-2-16-50-24-4-6-25(7-5-24)52-29-8-3-22(9-12-40)17-26(29)39/h3-8,17-20,23,28,32-34,48-49H,1-2,9-16,21,40H2,(H,42,43)/t28-,32+,33+,34+/m0/s1. The van der Waals surface area contributed by atoms with E-state index in [1.165, 1.54) is 5.56 Å². The van der Waals surface area contributed by atoms with E-state index in [1.54, 1.807) is 10.9 Å². The van der Waals surface area contributed by atoms with Crippen molar-refractivity contribution in [2.45, 2.75) is 68.7 Å². The molecule has 2 aromatic heterocycles. The molecule has 4 aromatic rings. The molecule has 0 bridgehead atoms. The van der Waals surface area contributed by atoms with Crippen LogP contribution in [0.5, 0.6) is 17.2 Å². The molecule has 4 heterocycles. The fourth-order valence-electron chi connectivity index (χ4n) is 6.29. The third-order valence-electron chi connectivity index (χ3n) is 9.15. The molecule has 0 unspecified atom stereocenters. The molecule has 2 aromatic carbocycles. The number of aliphatic hydroxyl groups is 2. The molecule has 17 heteroatoms. The Hall–Kier alpha value is -3.62. The summed E-state index contributed by atoms with van der Waals surface area (Å²) in [6.45, 7) is 3.91. The lowest BCUT2D eigenvalue weighted by atomic mass is 9.96. The number of piperidine rings is 1. The SMILES string of the molecule is NCCc1ccc(Oc2ccc(OCCCCN3CCC(n4cc([C@H]5OC[C@H](Nc6cncc(C(F)(F)F)n6)[C@@H](O)[C@H]5O)nn4)CC3)cc2)c(I)c1. The number of unbranched alkanes of at least 4 members (excludes halogenated alkanes) is 1. The molecule has 5 N–H and O–H groups in total. The van der Waals surface area contributed by atoms with Crippen molar-refractivity contribution in [3.63, 3.8) is 0 Å². The van der Waals surface area contributed by atoms with E-state index in [9.17, 15) is 23.4 Å². The molecule has 13 nitrogen and oxygen atoms in total. The molecule has 2 fully saturated rings. The van der Waals surface area contributed by atoms with E-state index in [0.717, 1.165) is 78.8 Å². The highest BCUT2D eigenvalue weighted by Gasteiger charge is 2.41. The van der Waals surface area contributed by atoms with Gasteiger partial charge in [-0.25, -0.2) is 9.67 Å². The number of ether oxygens (including phenoxy) is 3. The predicted molar refractivity (Wildman–Crippen MR) is 193 cm³/mol. The Balaban J connectivity index is 0.884. The Morgan fingerprint density at radius 1 is 1.02 bits per heavy atom. The van der Waals surface area contributed by atoms with Crippen LogP contribution in [0, 0.1) is 3.57 Å². The van der Waals surface area contributed by atoms with Crippen LogP contribution in [0.25, 0.3) is 0 Å². The van der Waals surface area contributed by atoms with Gasteiger partial charge in [0.25, 0.3) is 0 Å². The van der Waals surface area contributed by atoms with Crippen molar-refractivity contribution in [1.82, 2.24) is 29.9 Å². The zero-order valence-corrected chi connectivity index (χ0v) is 30.5. The number of halogens is 4. The molecule has 0 aliphatic carbocycles. The van der Waals surface area contributed by atoms with Crippen molar-refractivity contribution in [1.29, 1.82) is 0 Å². The van der Waals surface area contributed by atoms with Gasteiger partial charge in [-0.2, -0.15) is 13.2 Å². The summed E-state index contributed by atoms with van der Waals surface area (Å²) in [5.41, 5.74) is 6.05. The van der Waals surface area contributed by atoms with Gasteiger partial charge in [-0.3, -0.25) is 4.98 Å². The maximum absolute atomic E-state index is 13.0. The molecule has 0 spiro atoms. The van der Waals surface area contributed by atoms with Gasteiger partial charge >= 0.3 is 6.18 Å². The number of nitrogens with two attached hydrogens (primary N) is 1. The van der Waals surface area contributed by atoms with Crippen LogP contribution in [-0.2, 0) is 17.3 Å². The Labute approximate surface area is 312 Å². The van der Waals surface area contributed by atoms with E-state index in [4.69, 9.17) is 19.9 Å². The summed E-state index contributed by atoms with van der Waals surface area (Å²) in [6.07, 6.45) is -0.396. The number of hydrogen-bond donors (Lipinski definition) is 4. The number of aliphatic hydroxyl groups excluding tert-OH is 2. The largest absolute Gasteiger partial charge is 0.494 e. The topological polar surface area (TPSA) is 166 Å². The van der Waals surface area contributed by atoms with E-state index < -0.39 is 36.2 Å². The van der Waals surface area contributed by atoms with Crippen molar-refractivity contribution in [3.05, 3.63) is 81.6 Å². The molecule has 280 valence electrons. The summed E-state index contributed by atoms with van der Waals surface area (Å²) in [5.74, 6) is 2.17. The minimum Gasteiger partial charge on any atom is -0.494 e. The summed E-state index contributed by atoms with van der Waals surface area (Å²) in [6, 6.07) is 13.0. The zero-order valence-electron chi connectivity index (χ0n) is 28.3. The van der Waals surface area contributed by atoms with Crippen molar-refractivity contribution in [2.24, 2.45) is 5.73 Å². The highest BCUT2D eigenvalue weighted by Crippen LogP contribution is 2.32. The van der Waals surface area contributed by atoms with Gasteiger partial charge in [0.15, 0.2) is 5.69 Å². The maximum Gasteiger partial charge on any atom is 0.434 e. The van der Waals surface area contributed by atoms with Gasteiger partial charge < -0.3 is 40.4 Å². The normalized spacial score (nSPS) is 21.6. The number of nitrogens with zero attached hydrogens (tertiary/aromatic N) is 6. The molecule has 52 heavy (non-hydrogen) atoms. The van der Waals surface area contributed by atoms with Crippen molar-refractivity contribution >= 4 is 28.4 Å². The smallest absolute Gasteiger partial charge is 0.434 e. The molecule has 2 saturated heterocycles. The first-order chi connectivity index (χ1) is 25.1. The number of rotatable bonds is 14. The lowest BCUT2D eigenvalue weighted by Gasteiger charge is -2.37. The van der Waals surface area contributed by atoms with E-state index in [0.29, 0.717) is 25.0 Å². The van der Waals surface area contributed by atoms with E-state index in [2.05, 4.69) is 59.2 Å². The molecular formula is C35H42F3IN8O5. The van der Waals surface area contributed by atoms with Gasteiger partial charge in [-0.1, -0.05) is 11.3 Å². The fraction of sp³-hybridized carbons (Fsp3) is 0.486. The van der Waals surface area contributed by atoms with Gasteiger partial charge in [0.05, 0.1) is 47.5 Å². The highest BCUT2D eigenvalue weighted by molar-refractivity contribution is 14.1. The monoisotopic (exact) mass is 838 g/mol. The summed E-state index contributed by atoms with van der Waals surface area (Å²) in [5, 5.41) is 32.7. The Morgan fingerprint density at radius 3 is 2.52 bits per heavy atom. The van der Waals surface area contributed by atoms with Crippen LogP contribution in [0.1, 0.15) is 54.8 Å². The summed E-state index contributed by atoms with van der Waals surface area (Å²) < 4.78 is 59.7. The molecule has 6 rings (SSSR count). The summed E-state index contributed by atoms with van der Waals surface area (Å²) >= 11 is 2.28. The van der Waals surface area contributed by atoms with Gasteiger partial charge in [0.2, 0.25) is 0 Å². The van der Waals surface area contributed by atoms with Gasteiger partial charge in [0.1, 0.15) is 47.1 Å². The molecule has 2 aliphatic heterocycles. The average molecular weight is 839 g/mol. The number of likely N-dealkylation sites (tertiary alicyclic amines) is 1. The van der Waals surface area contributed by atoms with Crippen molar-refractivity contribution in [3.8, 4) is 17.2 Å². The number of alkyl halides is 3. The molecule has 0 amide bonds. The third-order valence-corrected chi connectivity index (χ3v) is 10.00. The quantitative estimate of drug-likeness (QED) is 0.102. The van der Waals surface area contributed by atoms with E-state index >= 15 is 0 Å². The van der Waals surface area contributed by atoms with Crippen LogP contribution in [0.3, 0.4) is 0 Å². The van der Waals surface area contributed by atoms with Crippen LogP contribution in [0.2, 0.25) is 0 Å². The van der Waals surface area contributed by atoms with Crippen molar-refractivity contribution in [2.75, 3.05) is 44.7 Å². The van der Waals surface area contributed by atoms with Crippen molar-refractivity contribution < 1.29 is 37.6 Å². The predicted octanol–water partition coefficient (Wildman–Crippen LogP) is 4.75. The molecular weight excluding hydrogens is 796 g/mol. The zero-order chi connectivity index (χ0) is 36.7. The second-order valence-electron chi connectivity index (χ2n) is 12.9. The lowest BCUT2D eigenvalue weighted by Crippen LogP contribution is -2.52. The molecule has 2 aliphatic rings. The van der Waals surface area contributed by atoms with Crippen LogP contribution < -0.4 is 20.5 Å². The second-order valence-corrected chi connectivity index (χ2v) is 14.1. The van der Waals surface area contributed by atoms with Gasteiger partial charge in [0, 0.05) is 13.1 Å².